The summed E-state index contributed by atoms with van der Waals surface area (Å²) in [5.74, 6) is -5.40. The fraction of sp³-hybridized carbons (Fsp3) is 0.564. The average molecular weight is 844 g/mol. The van der Waals surface area contributed by atoms with Crippen LogP contribution in [0.15, 0.2) is 35.3 Å². The number of piperidine rings is 1. The van der Waals surface area contributed by atoms with Crippen LogP contribution in [-0.2, 0) is 36.6 Å². The number of nitrogens with one attached hydrogen (secondary N) is 3. The fourth-order valence-corrected chi connectivity index (χ4v) is 7.20. The van der Waals surface area contributed by atoms with Crippen molar-refractivity contribution in [2.24, 2.45) is 22.4 Å². The molecule has 0 saturated carbocycles. The molecule has 3 amide bonds. The highest BCUT2D eigenvalue weighted by molar-refractivity contribution is 5.90. The van der Waals surface area contributed by atoms with Gasteiger partial charge in [0, 0.05) is 51.6 Å². The molecule has 3 heterocycles. The second-order valence-corrected chi connectivity index (χ2v) is 14.8. The minimum absolute atomic E-state index is 0.0205. The number of guanidine groups is 1. The summed E-state index contributed by atoms with van der Waals surface area (Å²) >= 11 is 0. The van der Waals surface area contributed by atoms with Crippen molar-refractivity contribution in [2.45, 2.75) is 101 Å². The monoisotopic (exact) mass is 843 g/mol. The average Bonchev–Trinajstić information content (AvgIpc) is 3.71. The Morgan fingerprint density at radius 3 is 2.27 bits per heavy atom. The number of amides is 3. The van der Waals surface area contributed by atoms with Crippen LogP contribution in [0, 0.1) is 17.2 Å². The van der Waals surface area contributed by atoms with Crippen molar-refractivity contribution in [1.82, 2.24) is 25.9 Å². The molecule has 21 heteroatoms. The highest BCUT2D eigenvalue weighted by Gasteiger charge is 2.39. The lowest BCUT2D eigenvalue weighted by Gasteiger charge is -2.34. The van der Waals surface area contributed by atoms with Crippen LogP contribution in [0.3, 0.4) is 0 Å². The molecule has 2 aromatic rings. The van der Waals surface area contributed by atoms with Crippen LogP contribution in [-0.4, -0.2) is 107 Å². The molecule has 2 fully saturated rings. The van der Waals surface area contributed by atoms with E-state index < -0.39 is 60.3 Å². The number of hydrogen-bond acceptors (Lipinski definition) is 11. The van der Waals surface area contributed by atoms with Crippen molar-refractivity contribution in [3.63, 3.8) is 0 Å². The smallest absolute Gasteiger partial charge is 0.451 e. The number of aliphatic imine (C=N–C) groups is 1. The van der Waals surface area contributed by atoms with Gasteiger partial charge in [0.2, 0.25) is 23.5 Å². The lowest BCUT2D eigenvalue weighted by molar-refractivity contribution is -0.145. The molecule has 4 rings (SSSR count). The highest BCUT2D eigenvalue weighted by Crippen LogP contribution is 2.34. The van der Waals surface area contributed by atoms with E-state index in [-0.39, 0.29) is 61.6 Å². The number of carbonyl (C=O) groups excluding carboxylic acids is 3. The molecule has 60 heavy (non-hydrogen) atoms. The Hall–Kier alpha value is -6.20. The Labute approximate surface area is 345 Å². The first-order chi connectivity index (χ1) is 28.5. The molecule has 9 N–H and O–H groups in total. The first-order valence-electron chi connectivity index (χ1n) is 19.9. The summed E-state index contributed by atoms with van der Waals surface area (Å²) in [6.07, 6.45) is -1.45. The number of halogens is 3. The van der Waals surface area contributed by atoms with Crippen LogP contribution >= 0.6 is 0 Å². The van der Waals surface area contributed by atoms with E-state index in [0.717, 1.165) is 5.56 Å². The number of aromatic nitrogens is 2. The topological polar surface area (TPSA) is 282 Å². The predicted octanol–water partition coefficient (Wildman–Crippen LogP) is 2.05. The number of alkyl halides is 3. The Morgan fingerprint density at radius 1 is 0.933 bits per heavy atom. The number of carboxylic acids is 2. The molecule has 2 aliphatic heterocycles. The molecule has 1 aromatic heterocycles. The zero-order chi connectivity index (χ0) is 43.8. The molecule has 1 aromatic carbocycles. The maximum absolute atomic E-state index is 14.1. The summed E-state index contributed by atoms with van der Waals surface area (Å²) in [5, 5.41) is 35.2. The second kappa shape index (κ2) is 22.2. The van der Waals surface area contributed by atoms with Crippen molar-refractivity contribution >= 4 is 47.3 Å². The van der Waals surface area contributed by atoms with Crippen LogP contribution in [0.4, 0.5) is 24.8 Å². The van der Waals surface area contributed by atoms with E-state index in [4.69, 9.17) is 21.8 Å². The molecule has 0 bridgehead atoms. The maximum atomic E-state index is 14.1. The molecule has 3 unspecified atom stereocenters. The normalized spacial score (nSPS) is 16.6. The maximum Gasteiger partial charge on any atom is 0.451 e. The van der Waals surface area contributed by atoms with Gasteiger partial charge in [-0.3, -0.25) is 24.2 Å². The van der Waals surface area contributed by atoms with E-state index in [2.05, 4.69) is 37.0 Å². The van der Waals surface area contributed by atoms with E-state index in [0.29, 0.717) is 76.7 Å². The lowest BCUT2D eigenvalue weighted by Crippen LogP contribution is -2.51. The van der Waals surface area contributed by atoms with E-state index in [1.807, 2.05) is 0 Å². The van der Waals surface area contributed by atoms with Gasteiger partial charge in [-0.05, 0) is 87.8 Å². The van der Waals surface area contributed by atoms with E-state index in [1.54, 1.807) is 34.1 Å². The zero-order valence-corrected chi connectivity index (χ0v) is 33.1. The number of aliphatic carboxylic acids is 2. The summed E-state index contributed by atoms with van der Waals surface area (Å²) in [7, 11) is 0. The van der Waals surface area contributed by atoms with Gasteiger partial charge in [0.15, 0.2) is 5.96 Å². The molecule has 2 aliphatic rings. The number of nitrogens with two attached hydrogens (primary N) is 2. The SMILES string of the molecule is N#Cc1ccc(CCNC(=O)C2CCCN2c2cc(N3CCC(CCCC(=O)NC(CCCN=C(N)N)C(=O)NC(CCC(=O)O)C(=O)O)CC3)nc(C(F)(F)F)n2)cc1. The number of benzene rings is 1. The van der Waals surface area contributed by atoms with Crippen molar-refractivity contribution in [3.05, 3.63) is 47.3 Å². The molecular formula is C39H52F3N11O7. The van der Waals surface area contributed by atoms with Crippen LogP contribution in [0.5, 0.6) is 0 Å². The Kier molecular flexibility index (Phi) is 17.2. The molecule has 3 atom stereocenters. The summed E-state index contributed by atoms with van der Waals surface area (Å²) in [6, 6.07) is 7.21. The van der Waals surface area contributed by atoms with E-state index in [1.165, 1.54) is 6.07 Å². The van der Waals surface area contributed by atoms with Crippen molar-refractivity contribution in [2.75, 3.05) is 42.5 Å². The second-order valence-electron chi connectivity index (χ2n) is 14.8. The Bertz CT molecular complexity index is 1880. The van der Waals surface area contributed by atoms with Gasteiger partial charge in [-0.15, -0.1) is 0 Å². The van der Waals surface area contributed by atoms with Crippen molar-refractivity contribution < 1.29 is 47.4 Å². The van der Waals surface area contributed by atoms with Crippen LogP contribution in [0.1, 0.15) is 87.6 Å². The van der Waals surface area contributed by atoms with E-state index in [9.17, 15) is 42.3 Å². The number of carboxylic acid groups (broad SMARTS) is 2. The number of hydrogen-bond donors (Lipinski definition) is 7. The van der Waals surface area contributed by atoms with E-state index >= 15 is 0 Å². The van der Waals surface area contributed by atoms with Crippen LogP contribution in [0.2, 0.25) is 0 Å². The van der Waals surface area contributed by atoms with Crippen LogP contribution in [0.25, 0.3) is 0 Å². The quantitative estimate of drug-likeness (QED) is 0.0538. The van der Waals surface area contributed by atoms with Gasteiger partial charge >= 0.3 is 18.1 Å². The summed E-state index contributed by atoms with van der Waals surface area (Å²) < 4.78 is 42.3. The number of anilines is 2. The molecule has 18 nitrogen and oxygen atoms in total. The number of nitrogens with zero attached hydrogens (tertiary/aromatic N) is 6. The van der Waals surface area contributed by atoms with Gasteiger partial charge in [0.1, 0.15) is 29.8 Å². The summed E-state index contributed by atoms with van der Waals surface area (Å²) in [6.45, 7) is 1.59. The molecule has 2 saturated heterocycles. The third-order valence-electron chi connectivity index (χ3n) is 10.4. The number of carbonyl (C=O) groups is 5. The van der Waals surface area contributed by atoms with Gasteiger partial charge < -0.3 is 47.4 Å². The van der Waals surface area contributed by atoms with Crippen molar-refractivity contribution in [1.29, 1.82) is 5.26 Å². The van der Waals surface area contributed by atoms with Crippen molar-refractivity contribution in [3.8, 4) is 6.07 Å². The number of rotatable bonds is 21. The highest BCUT2D eigenvalue weighted by atomic mass is 19.4. The van der Waals surface area contributed by atoms with Gasteiger partial charge in [-0.2, -0.15) is 18.4 Å². The zero-order valence-electron chi connectivity index (χ0n) is 33.1. The Balaban J connectivity index is 1.31. The molecule has 0 radical (unpaired) electrons. The lowest BCUT2D eigenvalue weighted by atomic mass is 9.91. The molecule has 0 spiro atoms. The molecular weight excluding hydrogens is 791 g/mol. The summed E-state index contributed by atoms with van der Waals surface area (Å²) in [4.78, 5) is 76.8. The predicted molar refractivity (Wildman–Crippen MR) is 212 cm³/mol. The third-order valence-corrected chi connectivity index (χ3v) is 10.4. The molecule has 326 valence electrons. The standard InChI is InChI=1S/C39H52F3N11O7/c40-39(41,42)37-50-30(22-31(51-37)53-19-3-6-29(53)35(58)46-18-14-25-8-10-26(23-43)11-9-25)52-20-15-24(16-21-52)4-1-7-32(54)48-27(5-2-17-47-38(44)45)34(57)49-28(36(59)60)12-13-33(55)56/h8-11,22,24,27-29H,1-7,12-21H2,(H,46,58)(H,48,54)(H,49,57)(H,55,56)(H,59,60)(H4,44,45,47). The first-order valence-corrected chi connectivity index (χ1v) is 19.9. The first kappa shape index (κ1) is 46.5. The van der Waals surface area contributed by atoms with Gasteiger partial charge in [0.05, 0.1) is 11.6 Å². The van der Waals surface area contributed by atoms with Gasteiger partial charge in [-0.1, -0.05) is 12.1 Å². The molecule has 0 aliphatic carbocycles. The third kappa shape index (κ3) is 14.6. The summed E-state index contributed by atoms with van der Waals surface area (Å²) in [5.41, 5.74) is 12.2. The van der Waals surface area contributed by atoms with Gasteiger partial charge in [0.25, 0.3) is 0 Å². The van der Waals surface area contributed by atoms with Gasteiger partial charge in [-0.25, -0.2) is 14.8 Å². The van der Waals surface area contributed by atoms with Crippen LogP contribution < -0.4 is 37.2 Å². The minimum Gasteiger partial charge on any atom is -0.481 e. The minimum atomic E-state index is -4.83. The Morgan fingerprint density at radius 2 is 1.63 bits per heavy atom. The number of nitriles is 1. The fourth-order valence-electron chi connectivity index (χ4n) is 7.20. The largest absolute Gasteiger partial charge is 0.481 e.